The number of benzene rings is 1. The Morgan fingerprint density at radius 1 is 1.32 bits per heavy atom. The molecule has 22 heavy (non-hydrogen) atoms. The molecular weight excluding hydrogens is 285 g/mol. The van der Waals surface area contributed by atoms with E-state index in [2.05, 4.69) is 11.9 Å². The molecule has 2 aliphatic heterocycles. The van der Waals surface area contributed by atoms with Crippen LogP contribution in [0.2, 0.25) is 0 Å². The molecule has 3 rings (SSSR count). The van der Waals surface area contributed by atoms with Crippen molar-refractivity contribution >= 4 is 5.97 Å². The van der Waals surface area contributed by atoms with E-state index >= 15 is 0 Å². The Morgan fingerprint density at radius 3 is 2.50 bits per heavy atom. The fourth-order valence-electron chi connectivity index (χ4n) is 3.63. The highest BCUT2D eigenvalue weighted by Crippen LogP contribution is 2.35. The highest BCUT2D eigenvalue weighted by molar-refractivity contribution is 5.75. The SMILES string of the molecule is CN1[C@@H]2CC[C@H]1CC(OC(=O)[C@@H](O)Cc1ccc(F)cc1)C2. The Balaban J connectivity index is 1.52. The average Bonchev–Trinajstić information content (AvgIpc) is 2.72. The smallest absolute Gasteiger partial charge is 0.335 e. The van der Waals surface area contributed by atoms with Crippen LogP contribution in [0.4, 0.5) is 4.39 Å². The molecule has 2 saturated heterocycles. The maximum Gasteiger partial charge on any atom is 0.335 e. The predicted octanol–water partition coefficient (Wildman–Crippen LogP) is 1.90. The zero-order valence-corrected chi connectivity index (χ0v) is 12.7. The minimum absolute atomic E-state index is 0.0935. The number of halogens is 1. The molecule has 2 bridgehead atoms. The third-order valence-corrected chi connectivity index (χ3v) is 4.95. The number of hydrogen-bond donors (Lipinski definition) is 1. The van der Waals surface area contributed by atoms with E-state index in [1.807, 2.05) is 0 Å². The zero-order valence-electron chi connectivity index (χ0n) is 12.7. The van der Waals surface area contributed by atoms with E-state index in [9.17, 15) is 14.3 Å². The van der Waals surface area contributed by atoms with Gasteiger partial charge in [-0.3, -0.25) is 0 Å². The lowest BCUT2D eigenvalue weighted by Gasteiger charge is -2.36. The lowest BCUT2D eigenvalue weighted by atomic mass is 10.0. The van der Waals surface area contributed by atoms with Crippen molar-refractivity contribution in [3.63, 3.8) is 0 Å². The Hall–Kier alpha value is -1.46. The summed E-state index contributed by atoms with van der Waals surface area (Å²) in [4.78, 5) is 14.4. The van der Waals surface area contributed by atoms with Gasteiger partial charge in [-0.2, -0.15) is 0 Å². The summed E-state index contributed by atoms with van der Waals surface area (Å²) in [6, 6.07) is 6.77. The van der Waals surface area contributed by atoms with Crippen LogP contribution in [-0.2, 0) is 16.0 Å². The monoisotopic (exact) mass is 307 g/mol. The number of carbonyl (C=O) groups is 1. The normalized spacial score (nSPS) is 29.3. The molecule has 1 aromatic rings. The molecule has 0 radical (unpaired) electrons. The molecule has 4 nitrogen and oxygen atoms in total. The van der Waals surface area contributed by atoms with Crippen LogP contribution in [0, 0.1) is 5.82 Å². The number of aliphatic hydroxyl groups is 1. The van der Waals surface area contributed by atoms with Crippen molar-refractivity contribution in [3.8, 4) is 0 Å². The topological polar surface area (TPSA) is 49.8 Å². The van der Waals surface area contributed by atoms with Crippen LogP contribution in [-0.4, -0.2) is 47.3 Å². The second-order valence-corrected chi connectivity index (χ2v) is 6.43. The molecule has 0 amide bonds. The van der Waals surface area contributed by atoms with Gasteiger partial charge in [0.1, 0.15) is 11.9 Å². The fourth-order valence-corrected chi connectivity index (χ4v) is 3.63. The third kappa shape index (κ3) is 3.31. The largest absolute Gasteiger partial charge is 0.460 e. The van der Waals surface area contributed by atoms with E-state index in [-0.39, 0.29) is 18.3 Å². The molecule has 120 valence electrons. The van der Waals surface area contributed by atoms with Crippen molar-refractivity contribution in [2.24, 2.45) is 0 Å². The van der Waals surface area contributed by atoms with Gasteiger partial charge in [0.2, 0.25) is 0 Å². The van der Waals surface area contributed by atoms with Gasteiger partial charge < -0.3 is 14.7 Å². The summed E-state index contributed by atoms with van der Waals surface area (Å²) < 4.78 is 18.3. The van der Waals surface area contributed by atoms with E-state index in [1.54, 1.807) is 12.1 Å². The standard InChI is InChI=1S/C17H22FNO3/c1-19-13-6-7-14(19)10-15(9-13)22-17(21)16(20)8-11-2-4-12(18)5-3-11/h2-5,13-16,20H,6-10H2,1H3/t13-,14+,15?,16-/m0/s1. The van der Waals surface area contributed by atoms with Gasteiger partial charge in [-0.1, -0.05) is 12.1 Å². The Kier molecular flexibility index (Phi) is 4.45. The van der Waals surface area contributed by atoms with Crippen LogP contribution in [0.5, 0.6) is 0 Å². The molecule has 0 spiro atoms. The average molecular weight is 307 g/mol. The maximum absolute atomic E-state index is 12.8. The number of rotatable bonds is 4. The molecule has 4 atom stereocenters. The number of aliphatic hydroxyl groups excluding tert-OH is 1. The van der Waals surface area contributed by atoms with Gasteiger partial charge >= 0.3 is 5.97 Å². The molecule has 2 heterocycles. The van der Waals surface area contributed by atoms with E-state index in [1.165, 1.54) is 12.1 Å². The summed E-state index contributed by atoms with van der Waals surface area (Å²) in [6.07, 6.45) is 2.88. The summed E-state index contributed by atoms with van der Waals surface area (Å²) in [5, 5.41) is 9.99. The first-order valence-electron chi connectivity index (χ1n) is 7.88. The molecule has 2 aliphatic rings. The van der Waals surface area contributed by atoms with Gasteiger partial charge in [-0.15, -0.1) is 0 Å². The van der Waals surface area contributed by atoms with Gasteiger partial charge in [-0.25, -0.2) is 9.18 Å². The Bertz CT molecular complexity index is 519. The van der Waals surface area contributed by atoms with Crippen molar-refractivity contribution < 1.29 is 19.0 Å². The number of fused-ring (bicyclic) bond motifs is 2. The highest BCUT2D eigenvalue weighted by atomic mass is 19.1. The summed E-state index contributed by atoms with van der Waals surface area (Å²) in [7, 11) is 2.13. The van der Waals surface area contributed by atoms with Gasteiger partial charge in [0.05, 0.1) is 0 Å². The zero-order chi connectivity index (χ0) is 15.7. The second kappa shape index (κ2) is 6.34. The van der Waals surface area contributed by atoms with E-state index in [0.717, 1.165) is 25.7 Å². The van der Waals surface area contributed by atoms with Crippen LogP contribution in [0.1, 0.15) is 31.2 Å². The molecule has 0 saturated carbocycles. The molecular formula is C17H22FNO3. The Morgan fingerprint density at radius 2 is 1.91 bits per heavy atom. The van der Waals surface area contributed by atoms with Gasteiger partial charge in [0.25, 0.3) is 0 Å². The fraction of sp³-hybridized carbons (Fsp3) is 0.588. The van der Waals surface area contributed by atoms with Crippen LogP contribution in [0.3, 0.4) is 0 Å². The van der Waals surface area contributed by atoms with E-state index in [4.69, 9.17) is 4.74 Å². The van der Waals surface area contributed by atoms with Crippen molar-refractivity contribution in [1.82, 2.24) is 4.90 Å². The Labute approximate surface area is 129 Å². The number of carbonyl (C=O) groups excluding carboxylic acids is 1. The highest BCUT2D eigenvalue weighted by Gasteiger charge is 2.40. The maximum atomic E-state index is 12.8. The van der Waals surface area contributed by atoms with Crippen LogP contribution in [0.15, 0.2) is 24.3 Å². The number of hydrogen-bond acceptors (Lipinski definition) is 4. The molecule has 1 aromatic carbocycles. The molecule has 5 heteroatoms. The van der Waals surface area contributed by atoms with Gasteiger partial charge in [0, 0.05) is 18.5 Å². The minimum atomic E-state index is -1.19. The van der Waals surface area contributed by atoms with Gasteiger partial charge in [0.15, 0.2) is 6.10 Å². The number of ether oxygens (including phenoxy) is 1. The summed E-state index contributed by atoms with van der Waals surface area (Å²) >= 11 is 0. The van der Waals surface area contributed by atoms with Crippen LogP contribution >= 0.6 is 0 Å². The quantitative estimate of drug-likeness (QED) is 0.863. The lowest BCUT2D eigenvalue weighted by Crippen LogP contribution is -2.44. The van der Waals surface area contributed by atoms with Crippen molar-refractivity contribution in [2.45, 2.75) is 56.4 Å². The first-order valence-corrected chi connectivity index (χ1v) is 7.88. The van der Waals surface area contributed by atoms with Crippen molar-refractivity contribution in [1.29, 1.82) is 0 Å². The van der Waals surface area contributed by atoms with Crippen molar-refractivity contribution in [2.75, 3.05) is 7.05 Å². The number of esters is 1. The lowest BCUT2D eigenvalue weighted by molar-refractivity contribution is -0.162. The third-order valence-electron chi connectivity index (χ3n) is 4.95. The number of piperidine rings is 1. The van der Waals surface area contributed by atoms with Crippen molar-refractivity contribution in [3.05, 3.63) is 35.6 Å². The van der Waals surface area contributed by atoms with Crippen LogP contribution in [0.25, 0.3) is 0 Å². The number of nitrogens with zero attached hydrogens (tertiary/aromatic N) is 1. The summed E-state index contributed by atoms with van der Waals surface area (Å²) in [6.45, 7) is 0. The second-order valence-electron chi connectivity index (χ2n) is 6.43. The molecule has 0 aliphatic carbocycles. The molecule has 1 unspecified atom stereocenters. The van der Waals surface area contributed by atoms with E-state index < -0.39 is 12.1 Å². The van der Waals surface area contributed by atoms with Gasteiger partial charge in [-0.05, 0) is 50.4 Å². The van der Waals surface area contributed by atoms with Crippen LogP contribution < -0.4 is 0 Å². The minimum Gasteiger partial charge on any atom is -0.460 e. The molecule has 2 fully saturated rings. The first-order chi connectivity index (χ1) is 10.5. The first kappa shape index (κ1) is 15.4. The summed E-state index contributed by atoms with van der Waals surface area (Å²) in [5.74, 6) is -0.902. The van der Waals surface area contributed by atoms with E-state index in [0.29, 0.717) is 17.6 Å². The summed E-state index contributed by atoms with van der Waals surface area (Å²) in [5.41, 5.74) is 0.717. The molecule has 0 aromatic heterocycles. The predicted molar refractivity (Wildman–Crippen MR) is 79.8 cm³/mol. The molecule has 1 N–H and O–H groups in total.